The quantitative estimate of drug-likeness (QED) is 0.316. The number of ether oxygens (including phenoxy) is 1. The highest BCUT2D eigenvalue weighted by Crippen LogP contribution is 2.32. The molecule has 0 aliphatic heterocycles. The molecular formula is C19H20FNO6. The molecule has 5 N–H and O–H groups in total. The molecule has 0 bridgehead atoms. The molecule has 1 unspecified atom stereocenters. The monoisotopic (exact) mass is 377 g/mol. The van der Waals surface area contributed by atoms with Crippen molar-refractivity contribution in [2.45, 2.75) is 24.8 Å². The molecular weight excluding hydrogens is 357 g/mol. The highest BCUT2D eigenvalue weighted by molar-refractivity contribution is 5.89. The lowest BCUT2D eigenvalue weighted by Gasteiger charge is -2.21. The molecule has 0 aromatic heterocycles. The van der Waals surface area contributed by atoms with E-state index in [4.69, 9.17) is 10.5 Å². The van der Waals surface area contributed by atoms with Gasteiger partial charge >= 0.3 is 11.9 Å². The van der Waals surface area contributed by atoms with Gasteiger partial charge in [-0.1, -0.05) is 6.07 Å². The van der Waals surface area contributed by atoms with E-state index in [0.717, 1.165) is 12.1 Å². The third kappa shape index (κ3) is 5.42. The van der Waals surface area contributed by atoms with Crippen LogP contribution in [0.15, 0.2) is 42.5 Å². The number of hydrogen-bond acceptors (Lipinski definition) is 6. The molecule has 27 heavy (non-hydrogen) atoms. The molecule has 0 amide bonds. The largest absolute Gasteiger partial charge is 0.504 e. The molecule has 2 aromatic rings. The van der Waals surface area contributed by atoms with Gasteiger partial charge in [0.25, 0.3) is 0 Å². The lowest BCUT2D eigenvalue weighted by atomic mass is 9.87. The Morgan fingerprint density at radius 1 is 1.07 bits per heavy atom. The highest BCUT2D eigenvalue weighted by atomic mass is 19.1. The topological polar surface area (TPSA) is 130 Å². The number of hydrogen-bond donors (Lipinski definition) is 4. The van der Waals surface area contributed by atoms with Crippen LogP contribution in [0.1, 0.15) is 34.7 Å². The van der Waals surface area contributed by atoms with E-state index in [1.807, 2.05) is 0 Å². The molecule has 7 nitrogen and oxygen atoms in total. The van der Waals surface area contributed by atoms with Gasteiger partial charge in [-0.15, -0.1) is 0 Å². The van der Waals surface area contributed by atoms with Crippen LogP contribution < -0.4 is 5.73 Å². The van der Waals surface area contributed by atoms with E-state index in [2.05, 4.69) is 0 Å². The summed E-state index contributed by atoms with van der Waals surface area (Å²) in [6.07, 6.45) is 0.592. The summed E-state index contributed by atoms with van der Waals surface area (Å²) in [6.45, 7) is 0.0170. The number of phenolic OH excluding ortho intramolecular Hbond substituents is 2. The maximum atomic E-state index is 12.9. The number of aliphatic carboxylic acids is 1. The molecule has 2 rings (SSSR count). The van der Waals surface area contributed by atoms with Gasteiger partial charge in [0, 0.05) is 5.92 Å². The van der Waals surface area contributed by atoms with E-state index < -0.39 is 29.7 Å². The van der Waals surface area contributed by atoms with Gasteiger partial charge in [-0.05, 0) is 54.8 Å². The van der Waals surface area contributed by atoms with Gasteiger partial charge in [-0.25, -0.2) is 9.18 Å². The zero-order valence-electron chi connectivity index (χ0n) is 14.3. The van der Waals surface area contributed by atoms with Gasteiger partial charge in [-0.2, -0.15) is 0 Å². The standard InChI is InChI=1S/C19H20FNO6/c20-13-6-3-11(4-7-13)19(26)27-9-1-2-14(17(21)18(24)25)12-5-8-15(22)16(23)10-12/h3-8,10,14,17,22-23H,1-2,9,21H2,(H,24,25)/t14?,17-/m0/s1. The van der Waals surface area contributed by atoms with Crippen LogP contribution in [-0.4, -0.2) is 39.9 Å². The zero-order valence-corrected chi connectivity index (χ0v) is 14.3. The van der Waals surface area contributed by atoms with E-state index in [1.165, 1.54) is 30.3 Å². The second-order valence-electron chi connectivity index (χ2n) is 6.00. The first-order valence-electron chi connectivity index (χ1n) is 8.22. The van der Waals surface area contributed by atoms with Gasteiger partial charge in [0.05, 0.1) is 12.2 Å². The molecule has 0 fully saturated rings. The van der Waals surface area contributed by atoms with Gasteiger partial charge in [-0.3, -0.25) is 4.79 Å². The predicted molar refractivity (Wildman–Crippen MR) is 94.0 cm³/mol. The third-order valence-electron chi connectivity index (χ3n) is 4.12. The third-order valence-corrected chi connectivity index (χ3v) is 4.12. The number of halogens is 1. The molecule has 0 radical (unpaired) electrons. The number of esters is 1. The summed E-state index contributed by atoms with van der Waals surface area (Å²) in [7, 11) is 0. The molecule has 0 heterocycles. The van der Waals surface area contributed by atoms with Crippen LogP contribution >= 0.6 is 0 Å². The van der Waals surface area contributed by atoms with Crippen molar-refractivity contribution < 1.29 is 34.0 Å². The average molecular weight is 377 g/mol. The van der Waals surface area contributed by atoms with E-state index >= 15 is 0 Å². The molecule has 0 saturated carbocycles. The van der Waals surface area contributed by atoms with Crippen LogP contribution in [0.4, 0.5) is 4.39 Å². The zero-order chi connectivity index (χ0) is 20.0. The smallest absolute Gasteiger partial charge is 0.338 e. The van der Waals surface area contributed by atoms with Crippen LogP contribution in [-0.2, 0) is 9.53 Å². The van der Waals surface area contributed by atoms with Crippen molar-refractivity contribution in [1.82, 2.24) is 0 Å². The van der Waals surface area contributed by atoms with Gasteiger partial charge < -0.3 is 25.8 Å². The van der Waals surface area contributed by atoms with Crippen LogP contribution in [0, 0.1) is 5.82 Å². The fraction of sp³-hybridized carbons (Fsp3) is 0.263. The average Bonchev–Trinajstić information content (AvgIpc) is 2.64. The minimum absolute atomic E-state index is 0.0170. The molecule has 0 spiro atoms. The number of carboxylic acid groups (broad SMARTS) is 1. The second kappa shape index (κ2) is 9.00. The van der Waals surface area contributed by atoms with Crippen molar-refractivity contribution >= 4 is 11.9 Å². The summed E-state index contributed by atoms with van der Waals surface area (Å²) in [5, 5.41) is 28.2. The molecule has 144 valence electrons. The SMILES string of the molecule is N[C@H](C(=O)O)C(CCCOC(=O)c1ccc(F)cc1)c1ccc(O)c(O)c1. The summed E-state index contributed by atoms with van der Waals surface area (Å²) in [5.74, 6) is -3.65. The first-order valence-corrected chi connectivity index (χ1v) is 8.22. The molecule has 0 aliphatic rings. The normalized spacial score (nSPS) is 13.0. The fourth-order valence-corrected chi connectivity index (χ4v) is 2.63. The van der Waals surface area contributed by atoms with Crippen molar-refractivity contribution in [2.75, 3.05) is 6.61 Å². The van der Waals surface area contributed by atoms with E-state index in [1.54, 1.807) is 0 Å². The van der Waals surface area contributed by atoms with Crippen molar-refractivity contribution in [1.29, 1.82) is 0 Å². The predicted octanol–water partition coefficient (Wildman–Crippen LogP) is 2.37. The first kappa shape index (κ1) is 20.2. The molecule has 0 aliphatic carbocycles. The number of rotatable bonds is 8. The Balaban J connectivity index is 1.97. The summed E-state index contributed by atoms with van der Waals surface area (Å²) in [5.41, 5.74) is 6.40. The molecule has 8 heteroatoms. The number of carbonyl (C=O) groups is 2. The van der Waals surface area contributed by atoms with Crippen LogP contribution in [0.2, 0.25) is 0 Å². The van der Waals surface area contributed by atoms with Crippen molar-refractivity contribution in [3.05, 3.63) is 59.4 Å². The number of aromatic hydroxyl groups is 2. The number of carbonyl (C=O) groups excluding carboxylic acids is 1. The van der Waals surface area contributed by atoms with Gasteiger partial charge in [0.2, 0.25) is 0 Å². The van der Waals surface area contributed by atoms with Gasteiger partial charge in [0.15, 0.2) is 11.5 Å². The summed E-state index contributed by atoms with van der Waals surface area (Å²) >= 11 is 0. The maximum Gasteiger partial charge on any atom is 0.338 e. The number of carboxylic acids is 1. The Morgan fingerprint density at radius 3 is 2.33 bits per heavy atom. The lowest BCUT2D eigenvalue weighted by Crippen LogP contribution is -2.36. The van der Waals surface area contributed by atoms with Crippen LogP contribution in [0.5, 0.6) is 11.5 Å². The fourth-order valence-electron chi connectivity index (χ4n) is 2.63. The van der Waals surface area contributed by atoms with Crippen molar-refractivity contribution in [2.24, 2.45) is 5.73 Å². The minimum atomic E-state index is -1.23. The summed E-state index contributed by atoms with van der Waals surface area (Å²) in [6, 6.07) is 7.66. The number of phenols is 2. The maximum absolute atomic E-state index is 12.9. The lowest BCUT2D eigenvalue weighted by molar-refractivity contribution is -0.139. The summed E-state index contributed by atoms with van der Waals surface area (Å²) in [4.78, 5) is 23.1. The first-order chi connectivity index (χ1) is 12.8. The Bertz CT molecular complexity index is 808. The van der Waals surface area contributed by atoms with Gasteiger partial charge in [0.1, 0.15) is 11.9 Å². The van der Waals surface area contributed by atoms with Crippen molar-refractivity contribution in [3.63, 3.8) is 0 Å². The Kier molecular flexibility index (Phi) is 6.73. The van der Waals surface area contributed by atoms with Crippen LogP contribution in [0.25, 0.3) is 0 Å². The summed E-state index contributed by atoms with van der Waals surface area (Å²) < 4.78 is 18.0. The van der Waals surface area contributed by atoms with E-state index in [-0.39, 0.29) is 30.1 Å². The number of benzene rings is 2. The van der Waals surface area contributed by atoms with Crippen molar-refractivity contribution in [3.8, 4) is 11.5 Å². The minimum Gasteiger partial charge on any atom is -0.504 e. The number of nitrogens with two attached hydrogens (primary N) is 1. The Labute approximate surface area is 154 Å². The molecule has 2 aromatic carbocycles. The Hall–Kier alpha value is -3.13. The molecule has 0 saturated heterocycles. The van der Waals surface area contributed by atoms with E-state index in [0.29, 0.717) is 12.0 Å². The molecule has 2 atom stereocenters. The highest BCUT2D eigenvalue weighted by Gasteiger charge is 2.26. The Morgan fingerprint density at radius 2 is 1.74 bits per heavy atom. The second-order valence-corrected chi connectivity index (χ2v) is 6.00. The van der Waals surface area contributed by atoms with E-state index in [9.17, 15) is 29.3 Å². The van der Waals surface area contributed by atoms with Crippen LogP contribution in [0.3, 0.4) is 0 Å².